The summed E-state index contributed by atoms with van der Waals surface area (Å²) in [7, 11) is 3.32. The van der Waals surface area contributed by atoms with Gasteiger partial charge in [0.15, 0.2) is 5.75 Å². The Balaban J connectivity index is 2.97. The molecule has 21 heavy (non-hydrogen) atoms. The van der Waals surface area contributed by atoms with Gasteiger partial charge in [0, 0.05) is 18.7 Å². The minimum atomic E-state index is -0.449. The second-order valence-corrected chi connectivity index (χ2v) is 6.24. The summed E-state index contributed by atoms with van der Waals surface area (Å²) in [6, 6.07) is 4.90. The SMILES string of the molecule is COc1ccc(CN(C)C(CO)C(C)(C)C)cc1[N+](=O)[O-]. The van der Waals surface area contributed by atoms with Gasteiger partial charge in [0.1, 0.15) is 0 Å². The molecule has 0 aliphatic heterocycles. The summed E-state index contributed by atoms with van der Waals surface area (Å²) in [5.41, 5.74) is 0.689. The highest BCUT2D eigenvalue weighted by atomic mass is 16.6. The van der Waals surface area contributed by atoms with Gasteiger partial charge >= 0.3 is 5.69 Å². The van der Waals surface area contributed by atoms with Crippen LogP contribution in [0.1, 0.15) is 26.3 Å². The van der Waals surface area contributed by atoms with E-state index in [2.05, 4.69) is 20.8 Å². The molecule has 0 radical (unpaired) electrons. The lowest BCUT2D eigenvalue weighted by atomic mass is 9.86. The zero-order valence-electron chi connectivity index (χ0n) is 13.3. The number of aliphatic hydroxyl groups is 1. The van der Waals surface area contributed by atoms with E-state index in [0.29, 0.717) is 6.54 Å². The Morgan fingerprint density at radius 2 is 2.05 bits per heavy atom. The Morgan fingerprint density at radius 3 is 2.48 bits per heavy atom. The van der Waals surface area contributed by atoms with Gasteiger partial charge in [0.05, 0.1) is 18.6 Å². The fourth-order valence-corrected chi connectivity index (χ4v) is 2.45. The fraction of sp³-hybridized carbons (Fsp3) is 0.600. The second-order valence-electron chi connectivity index (χ2n) is 6.24. The monoisotopic (exact) mass is 296 g/mol. The molecule has 1 N–H and O–H groups in total. The zero-order valence-corrected chi connectivity index (χ0v) is 13.3. The normalized spacial score (nSPS) is 13.3. The molecule has 1 aromatic rings. The minimum Gasteiger partial charge on any atom is -0.490 e. The van der Waals surface area contributed by atoms with Crippen molar-refractivity contribution in [2.45, 2.75) is 33.4 Å². The van der Waals surface area contributed by atoms with Crippen LogP contribution in [0.3, 0.4) is 0 Å². The third kappa shape index (κ3) is 4.41. The summed E-state index contributed by atoms with van der Waals surface area (Å²) in [6.45, 7) is 6.73. The van der Waals surface area contributed by atoms with Gasteiger partial charge < -0.3 is 9.84 Å². The van der Waals surface area contributed by atoms with Gasteiger partial charge in [-0.15, -0.1) is 0 Å². The average Bonchev–Trinajstić information content (AvgIpc) is 2.37. The van der Waals surface area contributed by atoms with Crippen LogP contribution >= 0.6 is 0 Å². The molecule has 0 fully saturated rings. The number of ether oxygens (including phenoxy) is 1. The first kappa shape index (κ1) is 17.4. The maximum atomic E-state index is 11.0. The molecule has 1 rings (SSSR count). The van der Waals surface area contributed by atoms with Crippen LogP contribution in [0.2, 0.25) is 0 Å². The summed E-state index contributed by atoms with van der Waals surface area (Å²) in [5, 5.41) is 20.6. The molecule has 0 spiro atoms. The Bertz CT molecular complexity index is 497. The lowest BCUT2D eigenvalue weighted by Gasteiger charge is -2.36. The molecule has 0 amide bonds. The third-order valence-corrected chi connectivity index (χ3v) is 3.58. The summed E-state index contributed by atoms with van der Waals surface area (Å²) in [5.74, 6) is 0.251. The molecule has 0 saturated carbocycles. The van der Waals surface area contributed by atoms with E-state index >= 15 is 0 Å². The first-order valence-corrected chi connectivity index (χ1v) is 6.83. The predicted octanol–water partition coefficient (Wildman–Crippen LogP) is 2.44. The first-order chi connectivity index (χ1) is 9.70. The molecule has 1 unspecified atom stereocenters. The number of hydrogen-bond donors (Lipinski definition) is 1. The Morgan fingerprint density at radius 1 is 1.43 bits per heavy atom. The highest BCUT2D eigenvalue weighted by Crippen LogP contribution is 2.29. The molecule has 0 aliphatic rings. The average molecular weight is 296 g/mol. The van der Waals surface area contributed by atoms with Crippen LogP contribution in [0.5, 0.6) is 5.75 Å². The number of aliphatic hydroxyl groups excluding tert-OH is 1. The number of nitro benzene ring substituents is 1. The Labute approximate surface area is 125 Å². The third-order valence-electron chi connectivity index (χ3n) is 3.58. The molecular weight excluding hydrogens is 272 g/mol. The molecule has 0 heterocycles. The van der Waals surface area contributed by atoms with E-state index in [9.17, 15) is 15.2 Å². The van der Waals surface area contributed by atoms with Crippen molar-refractivity contribution in [3.05, 3.63) is 33.9 Å². The maximum Gasteiger partial charge on any atom is 0.311 e. The largest absolute Gasteiger partial charge is 0.490 e. The summed E-state index contributed by atoms with van der Waals surface area (Å²) >= 11 is 0. The van der Waals surface area contributed by atoms with Crippen molar-refractivity contribution in [1.29, 1.82) is 0 Å². The number of methoxy groups -OCH3 is 1. The lowest BCUT2D eigenvalue weighted by Crippen LogP contribution is -2.43. The molecule has 0 aliphatic carbocycles. The van der Waals surface area contributed by atoms with Crippen LogP contribution in [0.25, 0.3) is 0 Å². The highest BCUT2D eigenvalue weighted by molar-refractivity contribution is 5.48. The van der Waals surface area contributed by atoms with Crippen molar-refractivity contribution < 1.29 is 14.8 Å². The molecule has 1 atom stereocenters. The number of likely N-dealkylation sites (N-methyl/N-ethyl adjacent to an activating group) is 1. The molecule has 6 nitrogen and oxygen atoms in total. The van der Waals surface area contributed by atoms with Crippen molar-refractivity contribution in [3.8, 4) is 5.75 Å². The highest BCUT2D eigenvalue weighted by Gasteiger charge is 2.28. The fourth-order valence-electron chi connectivity index (χ4n) is 2.45. The molecule has 0 aromatic heterocycles. The number of nitrogens with zero attached hydrogens (tertiary/aromatic N) is 2. The number of nitro groups is 1. The van der Waals surface area contributed by atoms with Crippen LogP contribution < -0.4 is 4.74 Å². The van der Waals surface area contributed by atoms with E-state index in [1.807, 2.05) is 11.9 Å². The topological polar surface area (TPSA) is 75.8 Å². The van der Waals surface area contributed by atoms with E-state index < -0.39 is 4.92 Å². The van der Waals surface area contributed by atoms with Crippen LogP contribution in [0.4, 0.5) is 5.69 Å². The van der Waals surface area contributed by atoms with Gasteiger partial charge in [-0.25, -0.2) is 0 Å². The van der Waals surface area contributed by atoms with Crippen molar-refractivity contribution in [2.24, 2.45) is 5.41 Å². The van der Waals surface area contributed by atoms with E-state index in [1.165, 1.54) is 13.2 Å². The van der Waals surface area contributed by atoms with Gasteiger partial charge in [-0.3, -0.25) is 15.0 Å². The standard InChI is InChI=1S/C15H24N2O4/c1-15(2,3)14(10-18)16(4)9-11-6-7-13(21-5)12(8-11)17(19)20/h6-8,14,18H,9-10H2,1-5H3. The number of rotatable bonds is 6. The molecular formula is C15H24N2O4. The molecule has 118 valence electrons. The van der Waals surface area contributed by atoms with Gasteiger partial charge in [0.2, 0.25) is 0 Å². The number of hydrogen-bond acceptors (Lipinski definition) is 5. The smallest absolute Gasteiger partial charge is 0.311 e. The van der Waals surface area contributed by atoms with Crippen LogP contribution in [0, 0.1) is 15.5 Å². The Kier molecular flexibility index (Phi) is 5.69. The lowest BCUT2D eigenvalue weighted by molar-refractivity contribution is -0.385. The molecule has 0 bridgehead atoms. The van der Waals surface area contributed by atoms with Crippen molar-refractivity contribution in [3.63, 3.8) is 0 Å². The molecule has 0 saturated heterocycles. The van der Waals surface area contributed by atoms with Gasteiger partial charge in [-0.1, -0.05) is 26.8 Å². The summed E-state index contributed by atoms with van der Waals surface area (Å²) < 4.78 is 4.99. The van der Waals surface area contributed by atoms with Gasteiger partial charge in [-0.05, 0) is 24.1 Å². The summed E-state index contributed by atoms with van der Waals surface area (Å²) in [4.78, 5) is 12.6. The molecule has 6 heteroatoms. The van der Waals surface area contributed by atoms with Crippen molar-refractivity contribution in [1.82, 2.24) is 4.90 Å². The zero-order chi connectivity index (χ0) is 16.2. The minimum absolute atomic E-state index is 0.0290. The van der Waals surface area contributed by atoms with Crippen molar-refractivity contribution in [2.75, 3.05) is 20.8 Å². The van der Waals surface area contributed by atoms with Gasteiger partial charge in [0.25, 0.3) is 0 Å². The van der Waals surface area contributed by atoms with E-state index in [0.717, 1.165) is 5.56 Å². The van der Waals surface area contributed by atoms with Crippen LogP contribution in [-0.2, 0) is 6.54 Å². The first-order valence-electron chi connectivity index (χ1n) is 6.83. The van der Waals surface area contributed by atoms with E-state index in [1.54, 1.807) is 12.1 Å². The maximum absolute atomic E-state index is 11.0. The quantitative estimate of drug-likeness (QED) is 0.644. The summed E-state index contributed by atoms with van der Waals surface area (Å²) in [6.07, 6.45) is 0. The Hall–Kier alpha value is -1.66. The van der Waals surface area contributed by atoms with Crippen molar-refractivity contribution >= 4 is 5.69 Å². The van der Waals surface area contributed by atoms with Crippen LogP contribution in [0.15, 0.2) is 18.2 Å². The van der Waals surface area contributed by atoms with Gasteiger partial charge in [-0.2, -0.15) is 0 Å². The van der Waals surface area contributed by atoms with E-state index in [4.69, 9.17) is 4.74 Å². The predicted molar refractivity (Wildman–Crippen MR) is 81.4 cm³/mol. The second kappa shape index (κ2) is 6.87. The number of benzene rings is 1. The molecule has 1 aromatic carbocycles. The van der Waals surface area contributed by atoms with Crippen LogP contribution in [-0.4, -0.2) is 41.7 Å². The van der Waals surface area contributed by atoms with E-state index in [-0.39, 0.29) is 29.5 Å².